The average Bonchev–Trinajstić information content (AvgIpc) is 2.67. The molecule has 29 heavy (non-hydrogen) atoms. The van der Waals surface area contributed by atoms with Gasteiger partial charge in [-0.2, -0.15) is 0 Å². The number of hydrogen-bond acceptors (Lipinski definition) is 4. The highest BCUT2D eigenvalue weighted by molar-refractivity contribution is 5.98. The highest BCUT2D eigenvalue weighted by Crippen LogP contribution is 2.38. The zero-order valence-electron chi connectivity index (χ0n) is 17.4. The maximum absolute atomic E-state index is 12.1. The molecule has 1 fully saturated rings. The molecule has 0 spiro atoms. The van der Waals surface area contributed by atoms with E-state index in [0.29, 0.717) is 16.9 Å². The van der Waals surface area contributed by atoms with Crippen LogP contribution in [0.2, 0.25) is 0 Å². The largest absolute Gasteiger partial charge is 0.481 e. The molecule has 1 saturated carbocycles. The number of aromatic nitrogens is 1. The molecule has 1 amide bonds. The Morgan fingerprint density at radius 3 is 2.52 bits per heavy atom. The highest BCUT2D eigenvalue weighted by atomic mass is 16.5. The van der Waals surface area contributed by atoms with E-state index >= 15 is 0 Å². The molecule has 2 N–H and O–H groups in total. The fourth-order valence-electron chi connectivity index (χ4n) is 3.92. The molecule has 0 aliphatic heterocycles. The molecule has 2 aromatic rings. The van der Waals surface area contributed by atoms with E-state index in [0.717, 1.165) is 29.7 Å². The molecule has 1 aromatic heterocycles. The molecule has 156 valence electrons. The van der Waals surface area contributed by atoms with Crippen LogP contribution in [-0.2, 0) is 4.79 Å². The minimum Gasteiger partial charge on any atom is -0.481 e. The number of hydrogen-bond donors (Lipinski definition) is 2. The van der Waals surface area contributed by atoms with E-state index in [1.54, 1.807) is 18.2 Å². The lowest BCUT2D eigenvalue weighted by Crippen LogP contribution is -2.30. The van der Waals surface area contributed by atoms with E-state index in [1.165, 1.54) is 12.8 Å². The predicted octanol–water partition coefficient (Wildman–Crippen LogP) is 4.42. The summed E-state index contributed by atoms with van der Waals surface area (Å²) >= 11 is 0. The third-order valence-electron chi connectivity index (χ3n) is 5.74. The summed E-state index contributed by atoms with van der Waals surface area (Å²) in [6, 6.07) is 9.02. The van der Waals surface area contributed by atoms with Crippen LogP contribution < -0.4 is 10.1 Å². The van der Waals surface area contributed by atoms with Crippen LogP contribution in [0.1, 0.15) is 63.2 Å². The SMILES string of the molecule is CC(C)(C)C1CCC(Oc2ccc3cc(C(=O)NCCC(=O)O)ccc3n2)CC1. The monoisotopic (exact) mass is 398 g/mol. The van der Waals surface area contributed by atoms with E-state index < -0.39 is 5.97 Å². The number of aliphatic carboxylic acids is 1. The Morgan fingerprint density at radius 1 is 1.14 bits per heavy atom. The summed E-state index contributed by atoms with van der Waals surface area (Å²) in [5, 5.41) is 12.1. The van der Waals surface area contributed by atoms with Gasteiger partial charge in [0.2, 0.25) is 5.88 Å². The zero-order valence-corrected chi connectivity index (χ0v) is 17.4. The van der Waals surface area contributed by atoms with Crippen molar-refractivity contribution in [2.75, 3.05) is 6.54 Å². The lowest BCUT2D eigenvalue weighted by molar-refractivity contribution is -0.136. The van der Waals surface area contributed by atoms with Crippen LogP contribution in [0.4, 0.5) is 0 Å². The van der Waals surface area contributed by atoms with E-state index in [1.807, 2.05) is 12.1 Å². The van der Waals surface area contributed by atoms with Crippen LogP contribution in [0, 0.1) is 11.3 Å². The number of carboxylic acids is 1. The molecule has 0 unspecified atom stereocenters. The lowest BCUT2D eigenvalue weighted by Gasteiger charge is -2.36. The molecular formula is C23H30N2O4. The summed E-state index contributed by atoms with van der Waals surface area (Å²) in [4.78, 5) is 27.3. The first-order valence-corrected chi connectivity index (χ1v) is 10.3. The fourth-order valence-corrected chi connectivity index (χ4v) is 3.92. The first kappa shape index (κ1) is 21.1. The van der Waals surface area contributed by atoms with E-state index in [9.17, 15) is 9.59 Å². The zero-order chi connectivity index (χ0) is 21.0. The Bertz CT molecular complexity index is 880. The van der Waals surface area contributed by atoms with Crippen molar-refractivity contribution in [3.63, 3.8) is 0 Å². The first-order valence-electron chi connectivity index (χ1n) is 10.3. The molecule has 1 heterocycles. The molecule has 0 bridgehead atoms. The number of benzene rings is 1. The van der Waals surface area contributed by atoms with Crippen LogP contribution in [0.25, 0.3) is 10.9 Å². The van der Waals surface area contributed by atoms with Gasteiger partial charge in [-0.15, -0.1) is 0 Å². The first-order chi connectivity index (χ1) is 13.7. The topological polar surface area (TPSA) is 88.5 Å². The fraction of sp³-hybridized carbons (Fsp3) is 0.522. The number of carbonyl (C=O) groups is 2. The summed E-state index contributed by atoms with van der Waals surface area (Å²) in [5.41, 5.74) is 1.61. The Kier molecular flexibility index (Phi) is 6.40. The molecule has 6 nitrogen and oxygen atoms in total. The van der Waals surface area contributed by atoms with E-state index in [-0.39, 0.29) is 25.0 Å². The van der Waals surface area contributed by atoms with Crippen molar-refractivity contribution >= 4 is 22.8 Å². The maximum Gasteiger partial charge on any atom is 0.305 e. The summed E-state index contributed by atoms with van der Waals surface area (Å²) in [6.45, 7) is 7.04. The standard InChI is InChI=1S/C23H30N2O4/c1-23(2,3)17-6-8-18(9-7-17)29-20-11-5-15-14-16(4-10-19(15)25-20)22(28)24-13-12-21(26)27/h4-5,10-11,14,17-18H,6-9,12-13H2,1-3H3,(H,24,28)(H,26,27). The normalized spacial score (nSPS) is 19.7. The number of carboxylic acid groups (broad SMARTS) is 1. The van der Waals surface area contributed by atoms with Crippen molar-refractivity contribution in [2.45, 2.75) is 59.0 Å². The Hall–Kier alpha value is -2.63. The molecule has 0 atom stereocenters. The third-order valence-corrected chi connectivity index (χ3v) is 5.74. The molecule has 0 saturated heterocycles. The van der Waals surface area contributed by atoms with Gasteiger partial charge in [-0.25, -0.2) is 4.98 Å². The van der Waals surface area contributed by atoms with Gasteiger partial charge in [0.05, 0.1) is 11.9 Å². The number of ether oxygens (including phenoxy) is 1. The van der Waals surface area contributed by atoms with Crippen molar-refractivity contribution in [2.24, 2.45) is 11.3 Å². The van der Waals surface area contributed by atoms with Gasteiger partial charge in [0.15, 0.2) is 0 Å². The van der Waals surface area contributed by atoms with Crippen LogP contribution in [0.5, 0.6) is 5.88 Å². The van der Waals surface area contributed by atoms with Gasteiger partial charge in [0.25, 0.3) is 5.91 Å². The van der Waals surface area contributed by atoms with Gasteiger partial charge in [-0.05, 0) is 61.3 Å². The Balaban J connectivity index is 1.61. The predicted molar refractivity (Wildman–Crippen MR) is 112 cm³/mol. The summed E-state index contributed by atoms with van der Waals surface area (Å²) in [7, 11) is 0. The van der Waals surface area contributed by atoms with Gasteiger partial charge in [0.1, 0.15) is 6.10 Å². The van der Waals surface area contributed by atoms with Gasteiger partial charge in [-0.3, -0.25) is 9.59 Å². The Labute approximate surface area is 171 Å². The number of nitrogens with zero attached hydrogens (tertiary/aromatic N) is 1. The molecule has 1 aromatic carbocycles. The van der Waals surface area contributed by atoms with Crippen molar-refractivity contribution in [1.82, 2.24) is 10.3 Å². The number of rotatable bonds is 6. The number of amides is 1. The molecule has 1 aliphatic carbocycles. The van der Waals surface area contributed by atoms with E-state index in [4.69, 9.17) is 9.84 Å². The molecule has 3 rings (SSSR count). The second kappa shape index (κ2) is 8.80. The van der Waals surface area contributed by atoms with Gasteiger partial charge < -0.3 is 15.2 Å². The number of pyridine rings is 1. The number of nitrogens with one attached hydrogen (secondary N) is 1. The Morgan fingerprint density at radius 2 is 1.86 bits per heavy atom. The smallest absolute Gasteiger partial charge is 0.305 e. The number of carbonyl (C=O) groups excluding carboxylic acids is 1. The minimum absolute atomic E-state index is 0.0980. The summed E-state index contributed by atoms with van der Waals surface area (Å²) in [6.07, 6.45) is 4.58. The quantitative estimate of drug-likeness (QED) is 0.752. The van der Waals surface area contributed by atoms with Gasteiger partial charge in [0, 0.05) is 23.6 Å². The molecule has 6 heteroatoms. The second-order valence-corrected chi connectivity index (χ2v) is 8.91. The second-order valence-electron chi connectivity index (χ2n) is 8.91. The van der Waals surface area contributed by atoms with E-state index in [2.05, 4.69) is 31.1 Å². The maximum atomic E-state index is 12.1. The van der Waals surface area contributed by atoms with Gasteiger partial charge in [-0.1, -0.05) is 20.8 Å². The number of fused-ring (bicyclic) bond motifs is 1. The lowest BCUT2D eigenvalue weighted by atomic mass is 9.72. The van der Waals surface area contributed by atoms with Crippen molar-refractivity contribution in [3.8, 4) is 5.88 Å². The van der Waals surface area contributed by atoms with Crippen molar-refractivity contribution in [3.05, 3.63) is 35.9 Å². The summed E-state index contributed by atoms with van der Waals surface area (Å²) in [5.74, 6) is 0.138. The molecule has 0 radical (unpaired) electrons. The third kappa shape index (κ3) is 5.68. The van der Waals surface area contributed by atoms with Crippen LogP contribution in [0.15, 0.2) is 30.3 Å². The molecule has 1 aliphatic rings. The molecular weight excluding hydrogens is 368 g/mol. The summed E-state index contributed by atoms with van der Waals surface area (Å²) < 4.78 is 6.13. The average molecular weight is 399 g/mol. The highest BCUT2D eigenvalue weighted by Gasteiger charge is 2.30. The van der Waals surface area contributed by atoms with Crippen molar-refractivity contribution in [1.29, 1.82) is 0 Å². The van der Waals surface area contributed by atoms with Crippen LogP contribution >= 0.6 is 0 Å². The minimum atomic E-state index is -0.938. The van der Waals surface area contributed by atoms with Crippen LogP contribution in [-0.4, -0.2) is 34.6 Å². The van der Waals surface area contributed by atoms with Crippen LogP contribution in [0.3, 0.4) is 0 Å². The van der Waals surface area contributed by atoms with Gasteiger partial charge >= 0.3 is 5.97 Å². The van der Waals surface area contributed by atoms with Crippen molar-refractivity contribution < 1.29 is 19.4 Å².